The second-order valence-corrected chi connectivity index (χ2v) is 2.92. The minimum atomic E-state index is -0.101. The molecule has 0 radical (unpaired) electrons. The summed E-state index contributed by atoms with van der Waals surface area (Å²) in [6.45, 7) is 1.44. The molecular formula is C11H11NO3. The average Bonchev–Trinajstić information content (AvgIpc) is 2.26. The average molecular weight is 204 g/mol. The van der Waals surface area contributed by atoms with Crippen molar-refractivity contribution in [2.45, 2.75) is 6.92 Å². The third-order valence-electron chi connectivity index (χ3n) is 2.02. The normalized spacial score (nSPS) is 9.20. The van der Waals surface area contributed by atoms with Crippen LogP contribution in [0.2, 0.25) is 0 Å². The van der Waals surface area contributed by atoms with Gasteiger partial charge in [0.2, 0.25) is 0 Å². The van der Waals surface area contributed by atoms with Crippen LogP contribution in [0.5, 0.6) is 11.5 Å². The second kappa shape index (κ2) is 4.47. The molecule has 0 aromatic heterocycles. The zero-order chi connectivity index (χ0) is 11.4. The summed E-state index contributed by atoms with van der Waals surface area (Å²) in [7, 11) is 2.89. The number of benzene rings is 1. The first-order valence-corrected chi connectivity index (χ1v) is 4.31. The van der Waals surface area contributed by atoms with Crippen LogP contribution in [0.1, 0.15) is 22.8 Å². The molecule has 0 aliphatic carbocycles. The van der Waals surface area contributed by atoms with E-state index < -0.39 is 0 Å². The summed E-state index contributed by atoms with van der Waals surface area (Å²) in [5, 5.41) is 8.90. The number of nitrogens with zero attached hydrogens (tertiary/aromatic N) is 1. The van der Waals surface area contributed by atoms with Crippen LogP contribution in [0.25, 0.3) is 0 Å². The molecule has 0 amide bonds. The molecular weight excluding hydrogens is 193 g/mol. The molecule has 1 rings (SSSR count). The molecule has 0 spiro atoms. The predicted octanol–water partition coefficient (Wildman–Crippen LogP) is 1.78. The highest BCUT2D eigenvalue weighted by Gasteiger charge is 2.13. The van der Waals surface area contributed by atoms with Gasteiger partial charge in [-0.25, -0.2) is 0 Å². The van der Waals surface area contributed by atoms with Gasteiger partial charge in [-0.3, -0.25) is 4.79 Å². The lowest BCUT2D eigenvalue weighted by Gasteiger charge is -2.09. The van der Waals surface area contributed by atoms with Gasteiger partial charge in [-0.15, -0.1) is 0 Å². The van der Waals surface area contributed by atoms with Crippen LogP contribution in [-0.2, 0) is 0 Å². The molecule has 0 aliphatic heterocycles. The first kappa shape index (κ1) is 11.1. The van der Waals surface area contributed by atoms with Crippen molar-refractivity contribution in [3.63, 3.8) is 0 Å². The van der Waals surface area contributed by atoms with Crippen LogP contribution in [0.4, 0.5) is 0 Å². The van der Waals surface area contributed by atoms with Crippen LogP contribution in [0.15, 0.2) is 12.1 Å². The summed E-state index contributed by atoms with van der Waals surface area (Å²) in [6, 6.07) is 5.03. The van der Waals surface area contributed by atoms with Crippen LogP contribution in [0.3, 0.4) is 0 Å². The number of carbonyl (C=O) groups excluding carboxylic acids is 1. The van der Waals surface area contributed by atoms with Crippen molar-refractivity contribution in [2.75, 3.05) is 14.2 Å². The highest BCUT2D eigenvalue weighted by Crippen LogP contribution is 2.29. The minimum Gasteiger partial charge on any atom is -0.495 e. The smallest absolute Gasteiger partial charge is 0.160 e. The maximum Gasteiger partial charge on any atom is 0.160 e. The zero-order valence-electron chi connectivity index (χ0n) is 8.83. The summed E-state index contributed by atoms with van der Waals surface area (Å²) >= 11 is 0. The van der Waals surface area contributed by atoms with E-state index in [2.05, 4.69) is 0 Å². The molecule has 0 bridgehead atoms. The van der Waals surface area contributed by atoms with Gasteiger partial charge in [-0.2, -0.15) is 5.26 Å². The van der Waals surface area contributed by atoms with Gasteiger partial charge in [0.05, 0.1) is 14.2 Å². The van der Waals surface area contributed by atoms with Crippen LogP contribution < -0.4 is 9.47 Å². The summed E-state index contributed by atoms with van der Waals surface area (Å²) in [5.41, 5.74) is 0.757. The first-order valence-electron chi connectivity index (χ1n) is 4.31. The molecule has 4 nitrogen and oxygen atoms in total. The lowest BCUT2D eigenvalue weighted by atomic mass is 9.95. The maximum absolute atomic E-state index is 11.2. The van der Waals surface area contributed by atoms with Crippen molar-refractivity contribution in [1.82, 2.24) is 0 Å². The summed E-state index contributed by atoms with van der Waals surface area (Å²) in [4.78, 5) is 11.2. The van der Waals surface area contributed by atoms with Gasteiger partial charge in [0.25, 0.3) is 0 Å². The topological polar surface area (TPSA) is 59.3 Å². The molecule has 1 aromatic rings. The number of ketones is 1. The Hall–Kier alpha value is -2.02. The molecule has 0 atom stereocenters. The van der Waals surface area contributed by atoms with E-state index in [1.54, 1.807) is 0 Å². The fourth-order valence-electron chi connectivity index (χ4n) is 1.23. The van der Waals surface area contributed by atoms with Gasteiger partial charge in [0.15, 0.2) is 5.78 Å². The fraction of sp³-hybridized carbons (Fsp3) is 0.273. The Kier molecular flexibility index (Phi) is 3.29. The van der Waals surface area contributed by atoms with Crippen LogP contribution >= 0.6 is 0 Å². The largest absolute Gasteiger partial charge is 0.495 e. The standard InChI is InChI=1S/C11H11NO3/c1-7(13)8-4-10(14-2)9(6-12)11(5-8)15-3/h4-5H,1-3H3/i6-1. The van der Waals surface area contributed by atoms with E-state index >= 15 is 0 Å². The number of nitriles is 1. The summed E-state index contributed by atoms with van der Waals surface area (Å²) in [5.74, 6) is 0.597. The Morgan fingerprint density at radius 1 is 1.27 bits per heavy atom. The Balaban J connectivity index is 3.44. The SMILES string of the molecule is COc1cc(C(C)=O)cc(OC)c1[11C]#N. The highest BCUT2D eigenvalue weighted by atomic mass is 16.5. The highest BCUT2D eigenvalue weighted by molar-refractivity contribution is 5.95. The van der Waals surface area contributed by atoms with Crippen molar-refractivity contribution in [3.8, 4) is 17.6 Å². The van der Waals surface area contributed by atoms with Gasteiger partial charge < -0.3 is 9.47 Å². The van der Waals surface area contributed by atoms with Crippen molar-refractivity contribution < 1.29 is 14.3 Å². The third kappa shape index (κ3) is 2.08. The number of hydrogen-bond donors (Lipinski definition) is 0. The van der Waals surface area contributed by atoms with E-state index in [9.17, 15) is 4.79 Å². The van der Waals surface area contributed by atoms with E-state index in [1.807, 2.05) is 6.07 Å². The molecule has 1 aromatic carbocycles. The van der Waals surface area contributed by atoms with E-state index in [-0.39, 0.29) is 5.78 Å². The van der Waals surface area contributed by atoms with Gasteiger partial charge in [-0.05, 0) is 19.1 Å². The van der Waals surface area contributed by atoms with E-state index in [1.165, 1.54) is 33.3 Å². The van der Waals surface area contributed by atoms with E-state index in [4.69, 9.17) is 14.7 Å². The van der Waals surface area contributed by atoms with Crippen LogP contribution in [0, 0.1) is 11.3 Å². The molecule has 0 saturated carbocycles. The van der Waals surface area contributed by atoms with Crippen molar-refractivity contribution in [1.29, 1.82) is 5.26 Å². The molecule has 0 aliphatic rings. The van der Waals surface area contributed by atoms with Crippen molar-refractivity contribution in [2.24, 2.45) is 0 Å². The monoisotopic (exact) mass is 204 g/mol. The van der Waals surface area contributed by atoms with Gasteiger partial charge >= 0.3 is 0 Å². The number of hydrogen-bond acceptors (Lipinski definition) is 4. The minimum absolute atomic E-state index is 0.101. The van der Waals surface area contributed by atoms with Crippen LogP contribution in [-0.4, -0.2) is 20.0 Å². The van der Waals surface area contributed by atoms with Crippen molar-refractivity contribution >= 4 is 5.78 Å². The van der Waals surface area contributed by atoms with Crippen molar-refractivity contribution in [3.05, 3.63) is 23.3 Å². The molecule has 0 fully saturated rings. The van der Waals surface area contributed by atoms with Gasteiger partial charge in [0, 0.05) is 5.56 Å². The number of methoxy groups -OCH3 is 2. The molecule has 15 heavy (non-hydrogen) atoms. The van der Waals surface area contributed by atoms with Gasteiger partial charge in [0.1, 0.15) is 23.1 Å². The number of Topliss-reactive ketones (excluding diaryl/α,β-unsaturated/α-hetero) is 1. The predicted molar refractivity (Wildman–Crippen MR) is 54.3 cm³/mol. The lowest BCUT2D eigenvalue weighted by Crippen LogP contribution is -1.99. The second-order valence-electron chi connectivity index (χ2n) is 2.92. The Morgan fingerprint density at radius 3 is 2.00 bits per heavy atom. The zero-order valence-corrected chi connectivity index (χ0v) is 8.83. The Bertz CT molecular complexity index is 407. The molecule has 78 valence electrons. The number of rotatable bonds is 3. The fourth-order valence-corrected chi connectivity index (χ4v) is 1.23. The number of carbonyl (C=O) groups is 1. The molecule has 0 saturated heterocycles. The first-order chi connectivity index (χ1) is 7.13. The number of ether oxygens (including phenoxy) is 2. The molecule has 4 heteroatoms. The van der Waals surface area contributed by atoms with Gasteiger partial charge in [-0.1, -0.05) is 0 Å². The molecule has 0 heterocycles. The molecule has 0 N–H and O–H groups in total. The van der Waals surface area contributed by atoms with E-state index in [0.717, 1.165) is 0 Å². The Labute approximate surface area is 88.0 Å². The quantitative estimate of drug-likeness (QED) is 0.704. The van der Waals surface area contributed by atoms with E-state index in [0.29, 0.717) is 22.6 Å². The molecule has 0 unspecified atom stereocenters. The lowest BCUT2D eigenvalue weighted by molar-refractivity contribution is 0.101. The maximum atomic E-state index is 11.2. The summed E-state index contributed by atoms with van der Waals surface area (Å²) < 4.78 is 10.0. The summed E-state index contributed by atoms with van der Waals surface area (Å²) in [6.07, 6.45) is 0. The Morgan fingerprint density at radius 2 is 1.73 bits per heavy atom. The third-order valence-corrected chi connectivity index (χ3v) is 2.02.